The Kier molecular flexibility index (Phi) is 4.29. The van der Waals surface area contributed by atoms with E-state index in [2.05, 4.69) is 5.32 Å². The fourth-order valence-electron chi connectivity index (χ4n) is 2.05. The van der Waals surface area contributed by atoms with Crippen LogP contribution in [0.1, 0.15) is 39.5 Å². The van der Waals surface area contributed by atoms with Gasteiger partial charge in [-0.2, -0.15) is 0 Å². The molecule has 5 heteroatoms. The van der Waals surface area contributed by atoms with Gasteiger partial charge >= 0.3 is 5.97 Å². The van der Waals surface area contributed by atoms with Gasteiger partial charge in [0, 0.05) is 6.61 Å². The van der Waals surface area contributed by atoms with E-state index >= 15 is 0 Å². The number of ether oxygens (including phenoxy) is 1. The third kappa shape index (κ3) is 2.72. The molecule has 0 radical (unpaired) electrons. The smallest absolute Gasteiger partial charge is 0.325 e. The predicted octanol–water partition coefficient (Wildman–Crippen LogP) is 0.925. The summed E-state index contributed by atoms with van der Waals surface area (Å²) in [6, 6.07) is -0.870. The number of hydrogen-bond donors (Lipinski definition) is 2. The van der Waals surface area contributed by atoms with Crippen LogP contribution in [0.15, 0.2) is 0 Å². The Hall–Kier alpha value is -1.10. The van der Waals surface area contributed by atoms with Crippen LogP contribution in [0.4, 0.5) is 0 Å². The Morgan fingerprint density at radius 2 is 2.00 bits per heavy atom. The molecule has 2 N–H and O–H groups in total. The zero-order valence-corrected chi connectivity index (χ0v) is 9.78. The molecule has 0 saturated heterocycles. The van der Waals surface area contributed by atoms with Crippen molar-refractivity contribution in [2.24, 2.45) is 0 Å². The molecule has 0 aromatic heterocycles. The van der Waals surface area contributed by atoms with Gasteiger partial charge in [0.1, 0.15) is 11.6 Å². The van der Waals surface area contributed by atoms with E-state index in [0.29, 0.717) is 19.4 Å². The van der Waals surface area contributed by atoms with Gasteiger partial charge in [-0.25, -0.2) is 0 Å². The average molecular weight is 229 g/mol. The summed E-state index contributed by atoms with van der Waals surface area (Å²) >= 11 is 0. The molecule has 0 heterocycles. The van der Waals surface area contributed by atoms with Crippen molar-refractivity contribution in [3.63, 3.8) is 0 Å². The highest BCUT2D eigenvalue weighted by molar-refractivity contribution is 5.89. The maximum atomic E-state index is 12.0. The first-order chi connectivity index (χ1) is 7.52. The normalized spacial score (nSPS) is 20.4. The molecular formula is C11H19NO4. The van der Waals surface area contributed by atoms with Gasteiger partial charge in [-0.05, 0) is 39.5 Å². The minimum atomic E-state index is -1.03. The van der Waals surface area contributed by atoms with Gasteiger partial charge in [-0.1, -0.05) is 0 Å². The Morgan fingerprint density at radius 3 is 2.44 bits per heavy atom. The summed E-state index contributed by atoms with van der Waals surface area (Å²) in [7, 11) is 0. The van der Waals surface area contributed by atoms with Crippen LogP contribution < -0.4 is 5.32 Å². The van der Waals surface area contributed by atoms with Gasteiger partial charge in [0.15, 0.2) is 0 Å². The molecule has 0 spiro atoms. The maximum Gasteiger partial charge on any atom is 0.325 e. The van der Waals surface area contributed by atoms with E-state index in [-0.39, 0.29) is 5.91 Å². The second-order valence-electron chi connectivity index (χ2n) is 4.17. The summed E-state index contributed by atoms with van der Waals surface area (Å²) < 4.78 is 5.53. The van der Waals surface area contributed by atoms with Gasteiger partial charge in [0.2, 0.25) is 0 Å². The topological polar surface area (TPSA) is 75.6 Å². The van der Waals surface area contributed by atoms with Crippen LogP contribution in [0.25, 0.3) is 0 Å². The second kappa shape index (κ2) is 5.30. The van der Waals surface area contributed by atoms with Crippen LogP contribution in [-0.4, -0.2) is 35.2 Å². The monoisotopic (exact) mass is 229 g/mol. The van der Waals surface area contributed by atoms with Crippen LogP contribution in [0.5, 0.6) is 0 Å². The Morgan fingerprint density at radius 1 is 1.44 bits per heavy atom. The summed E-state index contributed by atoms with van der Waals surface area (Å²) in [4.78, 5) is 22.6. The molecule has 5 nitrogen and oxygen atoms in total. The Bertz CT molecular complexity index is 271. The van der Waals surface area contributed by atoms with Gasteiger partial charge in [-0.15, -0.1) is 0 Å². The third-order valence-corrected chi connectivity index (χ3v) is 2.96. The highest BCUT2D eigenvalue weighted by Crippen LogP contribution is 2.33. The Balaban J connectivity index is 2.65. The van der Waals surface area contributed by atoms with Crippen molar-refractivity contribution in [2.75, 3.05) is 6.61 Å². The predicted molar refractivity (Wildman–Crippen MR) is 58.1 cm³/mol. The molecule has 1 unspecified atom stereocenters. The molecule has 1 aliphatic carbocycles. The second-order valence-corrected chi connectivity index (χ2v) is 4.17. The average Bonchev–Trinajstić information content (AvgIpc) is 2.68. The molecule has 16 heavy (non-hydrogen) atoms. The molecule has 1 atom stereocenters. The molecule has 0 aromatic rings. The first-order valence-electron chi connectivity index (χ1n) is 5.69. The van der Waals surface area contributed by atoms with E-state index in [1.807, 2.05) is 6.92 Å². The molecule has 1 saturated carbocycles. The number of hydrogen-bond acceptors (Lipinski definition) is 3. The standard InChI is InChI=1S/C11H19NO4/c1-3-16-11(6-4-5-7-11)10(15)12-8(2)9(13)14/h8H,3-7H2,1-2H3,(H,12,15)(H,13,14). The van der Waals surface area contributed by atoms with Crippen molar-refractivity contribution >= 4 is 11.9 Å². The van der Waals surface area contributed by atoms with Crippen LogP contribution in [0.2, 0.25) is 0 Å². The molecule has 1 aliphatic rings. The first kappa shape index (κ1) is 13.0. The van der Waals surface area contributed by atoms with Crippen molar-refractivity contribution in [1.82, 2.24) is 5.32 Å². The van der Waals surface area contributed by atoms with Crippen LogP contribution in [0.3, 0.4) is 0 Å². The van der Waals surface area contributed by atoms with E-state index in [9.17, 15) is 9.59 Å². The zero-order chi connectivity index (χ0) is 12.2. The molecular weight excluding hydrogens is 210 g/mol. The van der Waals surface area contributed by atoms with Gasteiger partial charge in [0.25, 0.3) is 5.91 Å². The number of nitrogens with one attached hydrogen (secondary N) is 1. The number of rotatable bonds is 5. The molecule has 0 aliphatic heterocycles. The Labute approximate surface area is 95.2 Å². The van der Waals surface area contributed by atoms with E-state index in [1.54, 1.807) is 0 Å². The molecule has 1 amide bonds. The number of amides is 1. The minimum absolute atomic E-state index is 0.290. The van der Waals surface area contributed by atoms with Gasteiger partial charge in [0.05, 0.1) is 0 Å². The van der Waals surface area contributed by atoms with Crippen LogP contribution in [0, 0.1) is 0 Å². The zero-order valence-electron chi connectivity index (χ0n) is 9.78. The molecule has 0 bridgehead atoms. The van der Waals surface area contributed by atoms with E-state index in [0.717, 1.165) is 12.8 Å². The fourth-order valence-corrected chi connectivity index (χ4v) is 2.05. The highest BCUT2D eigenvalue weighted by Gasteiger charge is 2.42. The van der Waals surface area contributed by atoms with Crippen molar-refractivity contribution in [3.8, 4) is 0 Å². The quantitative estimate of drug-likeness (QED) is 0.735. The largest absolute Gasteiger partial charge is 0.480 e. The number of carboxylic acid groups (broad SMARTS) is 1. The van der Waals surface area contributed by atoms with Crippen molar-refractivity contribution in [1.29, 1.82) is 0 Å². The van der Waals surface area contributed by atoms with E-state index in [1.165, 1.54) is 6.92 Å². The van der Waals surface area contributed by atoms with E-state index in [4.69, 9.17) is 9.84 Å². The van der Waals surface area contributed by atoms with E-state index < -0.39 is 17.6 Å². The van der Waals surface area contributed by atoms with Gasteiger partial charge < -0.3 is 15.2 Å². The van der Waals surface area contributed by atoms with Crippen molar-refractivity contribution in [3.05, 3.63) is 0 Å². The van der Waals surface area contributed by atoms with Crippen molar-refractivity contribution < 1.29 is 19.4 Å². The fraction of sp³-hybridized carbons (Fsp3) is 0.818. The number of carboxylic acids is 1. The lowest BCUT2D eigenvalue weighted by atomic mass is 10.0. The highest BCUT2D eigenvalue weighted by atomic mass is 16.5. The lowest BCUT2D eigenvalue weighted by molar-refractivity contribution is -0.151. The number of aliphatic carboxylic acids is 1. The lowest BCUT2D eigenvalue weighted by Crippen LogP contribution is -2.51. The number of carbonyl (C=O) groups excluding carboxylic acids is 1. The SMILES string of the molecule is CCOC1(C(=O)NC(C)C(=O)O)CCCC1. The summed E-state index contributed by atoms with van der Waals surface area (Å²) in [5.74, 6) is -1.32. The summed E-state index contributed by atoms with van der Waals surface area (Å²) in [6.07, 6.45) is 3.27. The summed E-state index contributed by atoms with van der Waals surface area (Å²) in [5, 5.41) is 11.2. The third-order valence-electron chi connectivity index (χ3n) is 2.96. The number of carbonyl (C=O) groups is 2. The van der Waals surface area contributed by atoms with Crippen LogP contribution in [-0.2, 0) is 14.3 Å². The maximum absolute atomic E-state index is 12.0. The first-order valence-corrected chi connectivity index (χ1v) is 5.69. The van der Waals surface area contributed by atoms with Crippen LogP contribution >= 0.6 is 0 Å². The summed E-state index contributed by atoms with van der Waals surface area (Å²) in [6.45, 7) is 3.76. The molecule has 1 fully saturated rings. The molecule has 92 valence electrons. The summed E-state index contributed by atoms with van der Waals surface area (Å²) in [5.41, 5.74) is -0.793. The molecule has 1 rings (SSSR count). The van der Waals surface area contributed by atoms with Crippen molar-refractivity contribution in [2.45, 2.75) is 51.2 Å². The minimum Gasteiger partial charge on any atom is -0.480 e. The molecule has 0 aromatic carbocycles. The van der Waals surface area contributed by atoms with Gasteiger partial charge in [-0.3, -0.25) is 9.59 Å². The lowest BCUT2D eigenvalue weighted by Gasteiger charge is -2.28.